The van der Waals surface area contributed by atoms with Gasteiger partial charge in [0.15, 0.2) is 0 Å². The molecule has 4 N–H and O–H groups in total. The van der Waals surface area contributed by atoms with Crippen LogP contribution in [-0.4, -0.2) is 20.4 Å². The summed E-state index contributed by atoms with van der Waals surface area (Å²) in [5.41, 5.74) is 9.32. The van der Waals surface area contributed by atoms with E-state index in [1.54, 1.807) is 12.4 Å². The molecule has 0 saturated heterocycles. The molecule has 2 aromatic rings. The number of aromatic nitrogens is 4. The summed E-state index contributed by atoms with van der Waals surface area (Å²) in [6.07, 6.45) is 3.37. The van der Waals surface area contributed by atoms with Gasteiger partial charge in [0.1, 0.15) is 0 Å². The number of H-pyrrole nitrogens is 2. The van der Waals surface area contributed by atoms with Gasteiger partial charge in [-0.1, -0.05) is 20.8 Å². The molecule has 0 unspecified atom stereocenters. The highest BCUT2D eigenvalue weighted by Crippen LogP contribution is 2.32. The van der Waals surface area contributed by atoms with Crippen molar-refractivity contribution in [1.29, 1.82) is 0 Å². The van der Waals surface area contributed by atoms with Crippen LogP contribution in [0.3, 0.4) is 0 Å². The number of nitrogens with one attached hydrogen (secondary N) is 2. The first kappa shape index (κ1) is 9.76. The second-order valence-electron chi connectivity index (χ2n) is 4.61. The largest absolute Gasteiger partial charge is 0.396 e. The van der Waals surface area contributed by atoms with Crippen LogP contribution in [0.4, 0.5) is 5.69 Å². The SMILES string of the molecule is CC(C)(C)c1[nH]ncc1-c1[nH]ncc1N. The smallest absolute Gasteiger partial charge is 0.0914 e. The van der Waals surface area contributed by atoms with Gasteiger partial charge in [-0.3, -0.25) is 10.2 Å². The first-order chi connectivity index (χ1) is 7.00. The Bertz CT molecular complexity index is 460. The molecule has 15 heavy (non-hydrogen) atoms. The highest BCUT2D eigenvalue weighted by molar-refractivity contribution is 5.73. The van der Waals surface area contributed by atoms with E-state index in [2.05, 4.69) is 41.2 Å². The van der Waals surface area contributed by atoms with E-state index >= 15 is 0 Å². The molecular weight excluding hydrogens is 190 g/mol. The van der Waals surface area contributed by atoms with Gasteiger partial charge in [0.2, 0.25) is 0 Å². The maximum atomic E-state index is 5.81. The molecule has 0 fully saturated rings. The minimum absolute atomic E-state index is 0.00336. The molecule has 0 aliphatic heterocycles. The third kappa shape index (κ3) is 1.60. The molecule has 0 amide bonds. The van der Waals surface area contributed by atoms with Crippen LogP contribution in [0.2, 0.25) is 0 Å². The Morgan fingerprint density at radius 3 is 2.33 bits per heavy atom. The number of rotatable bonds is 1. The monoisotopic (exact) mass is 205 g/mol. The lowest BCUT2D eigenvalue weighted by Gasteiger charge is -2.17. The van der Waals surface area contributed by atoms with Crippen LogP contribution < -0.4 is 5.73 Å². The molecule has 2 rings (SSSR count). The molecule has 2 heterocycles. The van der Waals surface area contributed by atoms with Crippen LogP contribution in [0.5, 0.6) is 0 Å². The van der Waals surface area contributed by atoms with Crippen LogP contribution in [0.1, 0.15) is 26.5 Å². The van der Waals surface area contributed by atoms with Crippen molar-refractivity contribution in [3.63, 3.8) is 0 Å². The molecule has 0 atom stereocenters. The van der Waals surface area contributed by atoms with Crippen LogP contribution in [-0.2, 0) is 5.41 Å². The van der Waals surface area contributed by atoms with Gasteiger partial charge in [-0.15, -0.1) is 0 Å². The molecule has 5 heteroatoms. The Labute approximate surface area is 88.1 Å². The lowest BCUT2D eigenvalue weighted by Crippen LogP contribution is -2.13. The highest BCUT2D eigenvalue weighted by atomic mass is 15.1. The van der Waals surface area contributed by atoms with Gasteiger partial charge >= 0.3 is 0 Å². The van der Waals surface area contributed by atoms with Crippen molar-refractivity contribution < 1.29 is 0 Å². The Hall–Kier alpha value is -1.78. The number of hydrogen-bond acceptors (Lipinski definition) is 3. The molecule has 0 radical (unpaired) electrons. The van der Waals surface area contributed by atoms with E-state index in [1.165, 1.54) is 0 Å². The van der Waals surface area contributed by atoms with Crippen LogP contribution >= 0.6 is 0 Å². The predicted octanol–water partition coefficient (Wildman–Crippen LogP) is 1.68. The maximum absolute atomic E-state index is 5.81. The van der Waals surface area contributed by atoms with E-state index in [9.17, 15) is 0 Å². The van der Waals surface area contributed by atoms with Crippen molar-refractivity contribution in [2.45, 2.75) is 26.2 Å². The summed E-state index contributed by atoms with van der Waals surface area (Å²) in [7, 11) is 0. The maximum Gasteiger partial charge on any atom is 0.0914 e. The third-order valence-electron chi connectivity index (χ3n) is 2.33. The van der Waals surface area contributed by atoms with Crippen molar-refractivity contribution in [3.8, 4) is 11.3 Å². The third-order valence-corrected chi connectivity index (χ3v) is 2.33. The van der Waals surface area contributed by atoms with Crippen molar-refractivity contribution in [2.75, 3.05) is 5.73 Å². The number of anilines is 1. The van der Waals surface area contributed by atoms with Crippen molar-refractivity contribution >= 4 is 5.69 Å². The average molecular weight is 205 g/mol. The van der Waals surface area contributed by atoms with E-state index in [4.69, 9.17) is 5.73 Å². The minimum Gasteiger partial charge on any atom is -0.396 e. The number of nitrogen functional groups attached to an aromatic ring is 1. The Morgan fingerprint density at radius 1 is 1.13 bits per heavy atom. The zero-order chi connectivity index (χ0) is 11.1. The number of nitrogens with two attached hydrogens (primary N) is 1. The normalized spacial score (nSPS) is 11.9. The molecule has 2 aromatic heterocycles. The van der Waals surface area contributed by atoms with E-state index in [0.29, 0.717) is 5.69 Å². The zero-order valence-corrected chi connectivity index (χ0v) is 9.13. The summed E-state index contributed by atoms with van der Waals surface area (Å²) < 4.78 is 0. The summed E-state index contributed by atoms with van der Waals surface area (Å²) in [4.78, 5) is 0. The summed E-state index contributed by atoms with van der Waals surface area (Å²) in [6, 6.07) is 0. The molecular formula is C10H15N5. The lowest BCUT2D eigenvalue weighted by atomic mass is 9.88. The number of nitrogens with zero attached hydrogens (tertiary/aromatic N) is 2. The predicted molar refractivity (Wildman–Crippen MR) is 59.3 cm³/mol. The molecule has 0 aliphatic rings. The van der Waals surface area contributed by atoms with Gasteiger partial charge < -0.3 is 5.73 Å². The summed E-state index contributed by atoms with van der Waals surface area (Å²) >= 11 is 0. The van der Waals surface area contributed by atoms with Crippen LogP contribution in [0.15, 0.2) is 12.4 Å². The molecule has 0 aromatic carbocycles. The van der Waals surface area contributed by atoms with Gasteiger partial charge in [-0.25, -0.2) is 0 Å². The fourth-order valence-electron chi connectivity index (χ4n) is 1.56. The topological polar surface area (TPSA) is 83.4 Å². The van der Waals surface area contributed by atoms with Gasteiger partial charge in [-0.2, -0.15) is 10.2 Å². The lowest BCUT2D eigenvalue weighted by molar-refractivity contribution is 0.568. The van der Waals surface area contributed by atoms with E-state index in [-0.39, 0.29) is 5.41 Å². The molecule has 0 bridgehead atoms. The van der Waals surface area contributed by atoms with Gasteiger partial charge in [-0.05, 0) is 0 Å². The molecule has 5 nitrogen and oxygen atoms in total. The Morgan fingerprint density at radius 2 is 1.80 bits per heavy atom. The van der Waals surface area contributed by atoms with Gasteiger partial charge in [0.05, 0.1) is 23.8 Å². The molecule has 0 spiro atoms. The van der Waals surface area contributed by atoms with Crippen LogP contribution in [0.25, 0.3) is 11.3 Å². The Kier molecular flexibility index (Phi) is 2.03. The first-order valence-electron chi connectivity index (χ1n) is 4.83. The summed E-state index contributed by atoms with van der Waals surface area (Å²) in [5, 5.41) is 13.9. The molecule has 0 saturated carbocycles. The van der Waals surface area contributed by atoms with E-state index < -0.39 is 0 Å². The quantitative estimate of drug-likeness (QED) is 0.662. The first-order valence-corrected chi connectivity index (χ1v) is 4.83. The van der Waals surface area contributed by atoms with Crippen molar-refractivity contribution in [1.82, 2.24) is 20.4 Å². The van der Waals surface area contributed by atoms with Crippen molar-refractivity contribution in [2.24, 2.45) is 0 Å². The minimum atomic E-state index is 0.00336. The second kappa shape index (κ2) is 3.12. The van der Waals surface area contributed by atoms with Gasteiger partial charge in [0.25, 0.3) is 0 Å². The van der Waals surface area contributed by atoms with E-state index in [1.807, 2.05) is 0 Å². The standard InChI is InChI=1S/C10H15N5/c1-10(2,3)9-6(4-12-15-9)8-7(11)5-13-14-8/h4-5H,11H2,1-3H3,(H,12,15)(H,13,14). The number of hydrogen-bond donors (Lipinski definition) is 3. The van der Waals surface area contributed by atoms with E-state index in [0.717, 1.165) is 17.0 Å². The average Bonchev–Trinajstić information content (AvgIpc) is 2.69. The summed E-state index contributed by atoms with van der Waals surface area (Å²) in [6.45, 7) is 6.36. The van der Waals surface area contributed by atoms with Crippen LogP contribution in [0, 0.1) is 0 Å². The molecule has 80 valence electrons. The Balaban J connectivity index is 2.56. The fourth-order valence-corrected chi connectivity index (χ4v) is 1.56. The summed E-state index contributed by atoms with van der Waals surface area (Å²) in [5.74, 6) is 0. The molecule has 0 aliphatic carbocycles. The fraction of sp³-hybridized carbons (Fsp3) is 0.400. The van der Waals surface area contributed by atoms with Gasteiger partial charge in [0, 0.05) is 16.7 Å². The van der Waals surface area contributed by atoms with Crippen molar-refractivity contribution in [3.05, 3.63) is 18.1 Å². The zero-order valence-electron chi connectivity index (χ0n) is 9.13. The second-order valence-corrected chi connectivity index (χ2v) is 4.61. The highest BCUT2D eigenvalue weighted by Gasteiger charge is 2.22. The number of aromatic amines is 2.